The SMILES string of the molecule is CCNC(=NCc1cc(OC)c(O)c(OC)c1)NCC(C)(C)c1cccs1. The Morgan fingerprint density at radius 3 is 2.37 bits per heavy atom. The van der Waals surface area contributed by atoms with Crippen LogP contribution < -0.4 is 20.1 Å². The van der Waals surface area contributed by atoms with E-state index < -0.39 is 0 Å². The van der Waals surface area contributed by atoms with Crippen LogP contribution in [0.5, 0.6) is 17.2 Å². The van der Waals surface area contributed by atoms with Crippen LogP contribution in [0, 0.1) is 0 Å². The minimum absolute atomic E-state index is 0.00420. The lowest BCUT2D eigenvalue weighted by molar-refractivity contribution is 0.339. The Balaban J connectivity index is 2.11. The van der Waals surface area contributed by atoms with Crippen molar-refractivity contribution in [2.24, 2.45) is 4.99 Å². The standard InChI is InChI=1S/C20H29N3O3S/c1-6-21-19(23-13-20(2,3)17-8-7-9-27-17)22-12-14-10-15(25-4)18(24)16(11-14)26-5/h7-11,24H,6,12-13H2,1-5H3,(H2,21,22,23). The number of aliphatic imine (C=N–C) groups is 1. The van der Waals surface area contributed by atoms with Gasteiger partial charge in [0.15, 0.2) is 17.5 Å². The molecule has 0 radical (unpaired) electrons. The van der Waals surface area contributed by atoms with E-state index in [0.29, 0.717) is 18.0 Å². The van der Waals surface area contributed by atoms with E-state index in [-0.39, 0.29) is 11.2 Å². The van der Waals surface area contributed by atoms with Crippen molar-refractivity contribution >= 4 is 17.3 Å². The zero-order chi connectivity index (χ0) is 19.9. The molecular weight excluding hydrogens is 362 g/mol. The first-order chi connectivity index (χ1) is 12.9. The minimum Gasteiger partial charge on any atom is -0.502 e. The molecular formula is C20H29N3O3S. The van der Waals surface area contributed by atoms with Gasteiger partial charge < -0.3 is 25.2 Å². The molecule has 6 nitrogen and oxygen atoms in total. The van der Waals surface area contributed by atoms with Crippen molar-refractivity contribution < 1.29 is 14.6 Å². The molecule has 2 aromatic rings. The van der Waals surface area contributed by atoms with Gasteiger partial charge in [0, 0.05) is 23.4 Å². The van der Waals surface area contributed by atoms with Gasteiger partial charge in [0.2, 0.25) is 5.75 Å². The van der Waals surface area contributed by atoms with Crippen molar-refractivity contribution in [2.45, 2.75) is 32.7 Å². The highest BCUT2D eigenvalue weighted by Crippen LogP contribution is 2.37. The number of hydrogen-bond donors (Lipinski definition) is 3. The van der Waals surface area contributed by atoms with Gasteiger partial charge in [-0.3, -0.25) is 0 Å². The number of methoxy groups -OCH3 is 2. The fraction of sp³-hybridized carbons (Fsp3) is 0.450. The summed E-state index contributed by atoms with van der Waals surface area (Å²) in [7, 11) is 3.03. The van der Waals surface area contributed by atoms with Crippen LogP contribution in [0.15, 0.2) is 34.6 Å². The predicted octanol–water partition coefficient (Wildman–Crippen LogP) is 3.50. The van der Waals surface area contributed by atoms with E-state index in [1.165, 1.54) is 19.1 Å². The highest BCUT2D eigenvalue weighted by molar-refractivity contribution is 7.10. The molecule has 0 amide bonds. The second kappa shape index (κ2) is 9.50. The molecule has 0 atom stereocenters. The van der Waals surface area contributed by atoms with Crippen LogP contribution in [0.2, 0.25) is 0 Å². The van der Waals surface area contributed by atoms with Gasteiger partial charge in [0.25, 0.3) is 0 Å². The molecule has 0 aliphatic carbocycles. The Morgan fingerprint density at radius 1 is 1.19 bits per heavy atom. The smallest absolute Gasteiger partial charge is 0.200 e. The molecule has 0 aliphatic rings. The summed E-state index contributed by atoms with van der Waals surface area (Å²) in [6.45, 7) is 8.43. The van der Waals surface area contributed by atoms with E-state index in [1.54, 1.807) is 23.5 Å². The lowest BCUT2D eigenvalue weighted by atomic mass is 9.91. The summed E-state index contributed by atoms with van der Waals surface area (Å²) in [5.41, 5.74) is 0.895. The third kappa shape index (κ3) is 5.53. The third-order valence-electron chi connectivity index (χ3n) is 4.19. The fourth-order valence-corrected chi connectivity index (χ4v) is 3.46. The zero-order valence-corrected chi connectivity index (χ0v) is 17.4. The van der Waals surface area contributed by atoms with Crippen molar-refractivity contribution in [2.75, 3.05) is 27.3 Å². The van der Waals surface area contributed by atoms with E-state index in [4.69, 9.17) is 9.47 Å². The molecule has 1 aromatic carbocycles. The Labute approximate surface area is 165 Å². The number of nitrogens with one attached hydrogen (secondary N) is 2. The van der Waals surface area contributed by atoms with Gasteiger partial charge in [0.05, 0.1) is 20.8 Å². The molecule has 1 heterocycles. The average Bonchev–Trinajstić information content (AvgIpc) is 3.20. The van der Waals surface area contributed by atoms with Gasteiger partial charge in [-0.05, 0) is 36.1 Å². The quantitative estimate of drug-likeness (QED) is 0.474. The highest BCUT2D eigenvalue weighted by Gasteiger charge is 2.22. The first-order valence-corrected chi connectivity index (χ1v) is 9.79. The summed E-state index contributed by atoms with van der Waals surface area (Å²) in [5.74, 6) is 1.48. The van der Waals surface area contributed by atoms with Crippen LogP contribution in [0.1, 0.15) is 31.2 Å². The number of hydrogen-bond acceptors (Lipinski definition) is 5. The highest BCUT2D eigenvalue weighted by atomic mass is 32.1. The van der Waals surface area contributed by atoms with Crippen molar-refractivity contribution in [3.05, 3.63) is 40.1 Å². The number of benzene rings is 1. The molecule has 3 N–H and O–H groups in total. The second-order valence-electron chi connectivity index (χ2n) is 6.76. The van der Waals surface area contributed by atoms with Crippen molar-refractivity contribution in [1.29, 1.82) is 0 Å². The first-order valence-electron chi connectivity index (χ1n) is 8.91. The topological polar surface area (TPSA) is 75.1 Å². The first kappa shape index (κ1) is 20.9. The number of phenolic OH excluding ortho intramolecular Hbond substituents is 1. The van der Waals surface area contributed by atoms with Crippen molar-refractivity contribution in [3.8, 4) is 17.2 Å². The molecule has 0 aliphatic heterocycles. The Hall–Kier alpha value is -2.41. The largest absolute Gasteiger partial charge is 0.502 e. The fourth-order valence-electron chi connectivity index (χ4n) is 2.61. The number of nitrogens with zero attached hydrogens (tertiary/aromatic N) is 1. The number of phenols is 1. The third-order valence-corrected chi connectivity index (χ3v) is 5.43. The molecule has 2 rings (SSSR count). The molecule has 1 aromatic heterocycles. The summed E-state index contributed by atoms with van der Waals surface area (Å²) in [6, 6.07) is 7.76. The molecule has 148 valence electrons. The number of aromatic hydroxyl groups is 1. The summed E-state index contributed by atoms with van der Waals surface area (Å²) in [6.07, 6.45) is 0. The van der Waals surface area contributed by atoms with Crippen molar-refractivity contribution in [3.63, 3.8) is 0 Å². The summed E-state index contributed by atoms with van der Waals surface area (Å²) in [4.78, 5) is 5.99. The number of guanidine groups is 1. The van der Waals surface area contributed by atoms with Crippen molar-refractivity contribution in [1.82, 2.24) is 10.6 Å². The Morgan fingerprint density at radius 2 is 1.85 bits per heavy atom. The van der Waals surface area contributed by atoms with Gasteiger partial charge in [-0.15, -0.1) is 11.3 Å². The van der Waals surface area contributed by atoms with E-state index in [9.17, 15) is 5.11 Å². The predicted molar refractivity (Wildman–Crippen MR) is 111 cm³/mol. The van der Waals surface area contributed by atoms with E-state index in [0.717, 1.165) is 24.6 Å². The molecule has 0 unspecified atom stereocenters. The monoisotopic (exact) mass is 391 g/mol. The van der Waals surface area contributed by atoms with Gasteiger partial charge >= 0.3 is 0 Å². The summed E-state index contributed by atoms with van der Waals surface area (Å²) < 4.78 is 10.4. The van der Waals surface area contributed by atoms with Gasteiger partial charge in [-0.2, -0.15) is 0 Å². The van der Waals surface area contributed by atoms with Gasteiger partial charge in [-0.1, -0.05) is 19.9 Å². The number of ether oxygens (including phenoxy) is 2. The molecule has 0 fully saturated rings. The number of rotatable bonds is 8. The Kier molecular flexibility index (Phi) is 7.36. The second-order valence-corrected chi connectivity index (χ2v) is 7.71. The van der Waals surface area contributed by atoms with E-state index in [1.807, 2.05) is 6.92 Å². The minimum atomic E-state index is -0.00420. The Bertz CT molecular complexity index is 733. The summed E-state index contributed by atoms with van der Waals surface area (Å²) in [5, 5.41) is 18.8. The zero-order valence-electron chi connectivity index (χ0n) is 16.6. The maximum absolute atomic E-state index is 10.0. The molecule has 27 heavy (non-hydrogen) atoms. The van der Waals surface area contributed by atoms with Gasteiger partial charge in [-0.25, -0.2) is 4.99 Å². The van der Waals surface area contributed by atoms with Crippen LogP contribution >= 0.6 is 11.3 Å². The van der Waals surface area contributed by atoms with Gasteiger partial charge in [0.1, 0.15) is 0 Å². The summed E-state index contributed by atoms with van der Waals surface area (Å²) >= 11 is 1.76. The maximum Gasteiger partial charge on any atom is 0.200 e. The molecule has 0 saturated carbocycles. The van der Waals surface area contributed by atoms with Crippen LogP contribution in [0.4, 0.5) is 0 Å². The molecule has 0 saturated heterocycles. The average molecular weight is 392 g/mol. The lowest BCUT2D eigenvalue weighted by Crippen LogP contribution is -2.43. The van der Waals surface area contributed by atoms with Crippen LogP contribution in [0.25, 0.3) is 0 Å². The molecule has 0 spiro atoms. The van der Waals surface area contributed by atoms with E-state index >= 15 is 0 Å². The maximum atomic E-state index is 10.0. The van der Waals surface area contributed by atoms with Crippen LogP contribution in [-0.4, -0.2) is 38.4 Å². The van der Waals surface area contributed by atoms with Crippen LogP contribution in [0.3, 0.4) is 0 Å². The van der Waals surface area contributed by atoms with E-state index in [2.05, 4.69) is 47.0 Å². The lowest BCUT2D eigenvalue weighted by Gasteiger charge is -2.25. The molecule has 7 heteroatoms. The number of thiophene rings is 1. The van der Waals surface area contributed by atoms with Crippen LogP contribution in [-0.2, 0) is 12.0 Å². The molecule has 0 bridgehead atoms. The normalized spacial score (nSPS) is 12.0.